The number of carboxylic acid groups (broad SMARTS) is 1. The topological polar surface area (TPSA) is 83.6 Å². The van der Waals surface area contributed by atoms with E-state index >= 15 is 0 Å². The Balaban J connectivity index is 1.83. The van der Waals surface area contributed by atoms with Gasteiger partial charge in [0.05, 0.1) is 5.92 Å². The molecular weight excluding hydrogens is 296 g/mol. The zero-order chi connectivity index (χ0) is 16.4. The highest BCUT2D eigenvalue weighted by molar-refractivity contribution is 5.97. The molecule has 1 aromatic carbocycles. The molecule has 1 aliphatic rings. The highest BCUT2D eigenvalue weighted by atomic mass is 16.4. The van der Waals surface area contributed by atoms with Crippen LogP contribution in [-0.2, 0) is 4.79 Å². The number of aliphatic carboxylic acids is 1. The number of benzene rings is 1. The predicted octanol–water partition coefficient (Wildman–Crippen LogP) is 2.59. The molecule has 1 saturated heterocycles. The molecule has 6 heteroatoms. The van der Waals surface area contributed by atoms with Gasteiger partial charge in [-0.3, -0.25) is 9.59 Å². The van der Waals surface area contributed by atoms with Gasteiger partial charge in [-0.1, -0.05) is 30.3 Å². The third-order valence-corrected chi connectivity index (χ3v) is 4.10. The van der Waals surface area contributed by atoms with Crippen molar-refractivity contribution < 1.29 is 19.1 Å². The zero-order valence-corrected chi connectivity index (χ0v) is 12.9. The van der Waals surface area contributed by atoms with Gasteiger partial charge in [-0.15, -0.1) is 0 Å². The van der Waals surface area contributed by atoms with E-state index in [0.29, 0.717) is 43.3 Å². The number of carbonyl (C=O) groups is 2. The molecule has 120 valence electrons. The number of aromatic nitrogens is 1. The van der Waals surface area contributed by atoms with Crippen LogP contribution in [0.5, 0.6) is 0 Å². The summed E-state index contributed by atoms with van der Waals surface area (Å²) in [5.74, 6) is -0.461. The van der Waals surface area contributed by atoms with E-state index in [-0.39, 0.29) is 11.8 Å². The molecule has 0 radical (unpaired) electrons. The lowest BCUT2D eigenvalue weighted by molar-refractivity contribution is -0.143. The first kappa shape index (κ1) is 15.3. The molecule has 0 unspecified atom stereocenters. The molecular formula is C17H18N2O4. The number of piperidine rings is 1. The fourth-order valence-electron chi connectivity index (χ4n) is 2.84. The monoisotopic (exact) mass is 314 g/mol. The van der Waals surface area contributed by atoms with Crippen LogP contribution >= 0.6 is 0 Å². The highest BCUT2D eigenvalue weighted by Gasteiger charge is 2.30. The first-order valence-corrected chi connectivity index (χ1v) is 7.61. The Morgan fingerprint density at radius 3 is 2.48 bits per heavy atom. The number of carboxylic acids is 1. The largest absolute Gasteiger partial charge is 0.481 e. The minimum absolute atomic E-state index is 0.204. The molecule has 1 fully saturated rings. The molecule has 1 N–H and O–H groups in total. The third kappa shape index (κ3) is 3.11. The summed E-state index contributed by atoms with van der Waals surface area (Å²) in [6.45, 7) is 2.56. The van der Waals surface area contributed by atoms with Gasteiger partial charge < -0.3 is 14.4 Å². The summed E-state index contributed by atoms with van der Waals surface area (Å²) in [5.41, 5.74) is 1.10. The lowest BCUT2D eigenvalue weighted by Gasteiger charge is -2.29. The Labute approximate surface area is 133 Å². The van der Waals surface area contributed by atoms with Crippen molar-refractivity contribution in [1.29, 1.82) is 0 Å². The molecule has 23 heavy (non-hydrogen) atoms. The number of rotatable bonds is 3. The van der Waals surface area contributed by atoms with Crippen LogP contribution in [-0.4, -0.2) is 40.0 Å². The van der Waals surface area contributed by atoms with Gasteiger partial charge in [0.15, 0.2) is 17.3 Å². The number of amides is 1. The van der Waals surface area contributed by atoms with Gasteiger partial charge in [-0.25, -0.2) is 4.98 Å². The van der Waals surface area contributed by atoms with E-state index in [0.717, 1.165) is 5.56 Å². The number of carbonyl (C=O) groups excluding carboxylic acids is 1. The second-order valence-corrected chi connectivity index (χ2v) is 5.68. The Morgan fingerprint density at radius 1 is 1.22 bits per heavy atom. The van der Waals surface area contributed by atoms with Crippen molar-refractivity contribution in [3.05, 3.63) is 41.9 Å². The Hall–Kier alpha value is -2.63. The molecule has 0 atom stereocenters. The molecule has 3 rings (SSSR count). The van der Waals surface area contributed by atoms with Gasteiger partial charge >= 0.3 is 5.97 Å². The molecule has 0 bridgehead atoms. The summed E-state index contributed by atoms with van der Waals surface area (Å²) in [4.78, 5) is 29.7. The van der Waals surface area contributed by atoms with Crippen molar-refractivity contribution in [2.45, 2.75) is 19.8 Å². The maximum Gasteiger partial charge on any atom is 0.306 e. The lowest BCUT2D eigenvalue weighted by Crippen LogP contribution is -2.40. The third-order valence-electron chi connectivity index (χ3n) is 4.10. The average Bonchev–Trinajstić information content (AvgIpc) is 2.97. The van der Waals surface area contributed by atoms with E-state index in [2.05, 4.69) is 4.98 Å². The standard InChI is InChI=1S/C17H18N2O4/c1-11-18-14(15(23-11)12-5-3-2-4-6-12)16(20)19-9-7-13(8-10-19)17(21)22/h2-6,13H,7-10H2,1H3,(H,21,22). The van der Waals surface area contributed by atoms with Crippen LogP contribution in [0, 0.1) is 12.8 Å². The van der Waals surface area contributed by atoms with Crippen LogP contribution in [0.1, 0.15) is 29.2 Å². The van der Waals surface area contributed by atoms with Crippen molar-refractivity contribution in [1.82, 2.24) is 9.88 Å². The smallest absolute Gasteiger partial charge is 0.306 e. The van der Waals surface area contributed by atoms with E-state index < -0.39 is 5.97 Å². The number of hydrogen-bond donors (Lipinski definition) is 1. The zero-order valence-electron chi connectivity index (χ0n) is 12.9. The molecule has 0 saturated carbocycles. The van der Waals surface area contributed by atoms with Crippen LogP contribution in [0.4, 0.5) is 0 Å². The Morgan fingerprint density at radius 2 is 1.87 bits per heavy atom. The quantitative estimate of drug-likeness (QED) is 0.941. The first-order chi connectivity index (χ1) is 11.1. The maximum absolute atomic E-state index is 12.7. The number of nitrogens with zero attached hydrogens (tertiary/aromatic N) is 2. The van der Waals surface area contributed by atoms with Crippen LogP contribution < -0.4 is 0 Å². The number of hydrogen-bond acceptors (Lipinski definition) is 4. The van der Waals surface area contributed by atoms with Crippen molar-refractivity contribution in [2.75, 3.05) is 13.1 Å². The van der Waals surface area contributed by atoms with Gasteiger partial charge in [0.1, 0.15) is 0 Å². The minimum Gasteiger partial charge on any atom is -0.481 e. The fraction of sp³-hybridized carbons (Fsp3) is 0.353. The van der Waals surface area contributed by atoms with Crippen molar-refractivity contribution in [2.24, 2.45) is 5.92 Å². The molecule has 1 aliphatic heterocycles. The first-order valence-electron chi connectivity index (χ1n) is 7.61. The van der Waals surface area contributed by atoms with Gasteiger partial charge in [0.25, 0.3) is 5.91 Å². The van der Waals surface area contributed by atoms with Crippen molar-refractivity contribution in [3.63, 3.8) is 0 Å². The van der Waals surface area contributed by atoms with Gasteiger partial charge in [0.2, 0.25) is 0 Å². The summed E-state index contributed by atoms with van der Waals surface area (Å²) < 4.78 is 5.62. The number of oxazole rings is 1. The predicted molar refractivity (Wildman–Crippen MR) is 82.9 cm³/mol. The fourth-order valence-corrected chi connectivity index (χ4v) is 2.84. The van der Waals surface area contributed by atoms with Gasteiger partial charge in [-0.2, -0.15) is 0 Å². The van der Waals surface area contributed by atoms with Gasteiger partial charge in [-0.05, 0) is 12.8 Å². The molecule has 2 heterocycles. The molecule has 1 aromatic heterocycles. The van der Waals surface area contributed by atoms with E-state index in [4.69, 9.17) is 9.52 Å². The molecule has 0 spiro atoms. The highest BCUT2D eigenvalue weighted by Crippen LogP contribution is 2.27. The number of likely N-dealkylation sites (tertiary alicyclic amines) is 1. The molecule has 0 aliphatic carbocycles. The Kier molecular flexibility index (Phi) is 4.14. The second kappa shape index (κ2) is 6.24. The van der Waals surface area contributed by atoms with E-state index in [1.165, 1.54) is 0 Å². The minimum atomic E-state index is -0.792. The van der Waals surface area contributed by atoms with E-state index in [1.54, 1.807) is 11.8 Å². The second-order valence-electron chi connectivity index (χ2n) is 5.68. The maximum atomic E-state index is 12.7. The normalized spacial score (nSPS) is 15.6. The summed E-state index contributed by atoms with van der Waals surface area (Å²) in [6, 6.07) is 9.38. The van der Waals surface area contributed by atoms with Crippen LogP contribution in [0.2, 0.25) is 0 Å². The lowest BCUT2D eigenvalue weighted by atomic mass is 9.97. The molecule has 6 nitrogen and oxygen atoms in total. The SMILES string of the molecule is Cc1nc(C(=O)N2CCC(C(=O)O)CC2)c(-c2ccccc2)o1. The van der Waals surface area contributed by atoms with E-state index in [9.17, 15) is 9.59 Å². The molecule has 2 aromatic rings. The van der Waals surface area contributed by atoms with Gasteiger partial charge in [0, 0.05) is 25.6 Å². The number of aryl methyl sites for hydroxylation is 1. The van der Waals surface area contributed by atoms with Crippen LogP contribution in [0.25, 0.3) is 11.3 Å². The van der Waals surface area contributed by atoms with Crippen LogP contribution in [0.15, 0.2) is 34.7 Å². The average molecular weight is 314 g/mol. The summed E-state index contributed by atoms with van der Waals surface area (Å²) in [6.07, 6.45) is 0.942. The van der Waals surface area contributed by atoms with E-state index in [1.807, 2.05) is 30.3 Å². The van der Waals surface area contributed by atoms with Crippen molar-refractivity contribution >= 4 is 11.9 Å². The van der Waals surface area contributed by atoms with Crippen LogP contribution in [0.3, 0.4) is 0 Å². The molecule has 1 amide bonds. The summed E-state index contributed by atoms with van der Waals surface area (Å²) >= 11 is 0. The summed E-state index contributed by atoms with van der Waals surface area (Å²) in [5, 5.41) is 9.05. The van der Waals surface area contributed by atoms with Crippen molar-refractivity contribution in [3.8, 4) is 11.3 Å². The Bertz CT molecular complexity index is 715. The summed E-state index contributed by atoms with van der Waals surface area (Å²) in [7, 11) is 0.